The zero-order valence-electron chi connectivity index (χ0n) is 11.6. The second-order valence-corrected chi connectivity index (χ2v) is 5.44. The van der Waals surface area contributed by atoms with E-state index in [1.165, 1.54) is 36.7 Å². The molecule has 0 bridgehead atoms. The molecular formula is C16H16N4O. The maximum Gasteiger partial charge on any atom is 0.262 e. The Balaban J connectivity index is 1.57. The lowest BCUT2D eigenvalue weighted by Gasteiger charge is -2.25. The summed E-state index contributed by atoms with van der Waals surface area (Å²) in [6.45, 7) is 0.869. The topological polar surface area (TPSA) is 63.8 Å². The van der Waals surface area contributed by atoms with Crippen LogP contribution >= 0.6 is 0 Å². The zero-order valence-corrected chi connectivity index (χ0v) is 11.6. The van der Waals surface area contributed by atoms with Gasteiger partial charge in [-0.05, 0) is 30.4 Å². The first-order valence-electron chi connectivity index (χ1n) is 7.29. The van der Waals surface area contributed by atoms with E-state index in [0.717, 1.165) is 17.7 Å². The van der Waals surface area contributed by atoms with Crippen LogP contribution in [0.5, 0.6) is 0 Å². The third-order valence-electron chi connectivity index (χ3n) is 4.18. The first kappa shape index (κ1) is 12.3. The average Bonchev–Trinajstić information content (AvgIpc) is 3.02. The largest absolute Gasteiger partial charge is 0.369 e. The van der Waals surface area contributed by atoms with E-state index in [0.29, 0.717) is 11.6 Å². The van der Waals surface area contributed by atoms with Gasteiger partial charge in [0.25, 0.3) is 5.71 Å². The van der Waals surface area contributed by atoms with Crippen LogP contribution in [-0.4, -0.2) is 21.7 Å². The number of hydrogen-bond acceptors (Lipinski definition) is 5. The van der Waals surface area contributed by atoms with Gasteiger partial charge in [-0.25, -0.2) is 4.98 Å². The molecule has 0 fully saturated rings. The van der Waals surface area contributed by atoms with Gasteiger partial charge in [-0.2, -0.15) is 4.98 Å². The lowest BCUT2D eigenvalue weighted by molar-refractivity contribution is 0.448. The minimum atomic E-state index is 0.525. The van der Waals surface area contributed by atoms with E-state index < -0.39 is 0 Å². The molecule has 2 aromatic heterocycles. The Morgan fingerprint density at radius 2 is 2.19 bits per heavy atom. The Labute approximate surface area is 122 Å². The fourth-order valence-electron chi connectivity index (χ4n) is 3.12. The molecule has 4 rings (SSSR count). The second-order valence-electron chi connectivity index (χ2n) is 5.44. The summed E-state index contributed by atoms with van der Waals surface area (Å²) in [5.41, 5.74) is 3.47. The molecule has 3 aromatic rings. The summed E-state index contributed by atoms with van der Waals surface area (Å²) >= 11 is 0. The molecule has 2 heterocycles. The summed E-state index contributed by atoms with van der Waals surface area (Å²) < 4.78 is 5.07. The number of nitrogens with zero attached hydrogens (tertiary/aromatic N) is 3. The van der Waals surface area contributed by atoms with Crippen LogP contribution in [0.2, 0.25) is 0 Å². The van der Waals surface area contributed by atoms with Gasteiger partial charge in [-0.1, -0.05) is 29.4 Å². The van der Waals surface area contributed by atoms with Crippen molar-refractivity contribution >= 4 is 16.9 Å². The molecule has 1 N–H and O–H groups in total. The first-order chi connectivity index (χ1) is 10.4. The molecule has 0 saturated carbocycles. The van der Waals surface area contributed by atoms with Crippen molar-refractivity contribution in [3.63, 3.8) is 0 Å². The highest BCUT2D eigenvalue weighted by atomic mass is 16.5. The van der Waals surface area contributed by atoms with E-state index in [4.69, 9.17) is 4.52 Å². The molecule has 0 aliphatic heterocycles. The van der Waals surface area contributed by atoms with E-state index in [1.54, 1.807) is 6.20 Å². The quantitative estimate of drug-likeness (QED) is 0.798. The zero-order chi connectivity index (χ0) is 14.1. The van der Waals surface area contributed by atoms with Gasteiger partial charge in [0.15, 0.2) is 0 Å². The van der Waals surface area contributed by atoms with E-state index in [9.17, 15) is 0 Å². The molecule has 1 aliphatic rings. The summed E-state index contributed by atoms with van der Waals surface area (Å²) in [7, 11) is 0. The monoisotopic (exact) mass is 280 g/mol. The highest BCUT2D eigenvalue weighted by Gasteiger charge is 2.20. The van der Waals surface area contributed by atoms with Gasteiger partial charge in [-0.3, -0.25) is 0 Å². The lowest BCUT2D eigenvalue weighted by atomic mass is 9.83. The van der Waals surface area contributed by atoms with Gasteiger partial charge in [0.05, 0.1) is 6.20 Å². The van der Waals surface area contributed by atoms with E-state index in [-0.39, 0.29) is 0 Å². The number of anilines is 1. The van der Waals surface area contributed by atoms with Crippen LogP contribution in [0.4, 0.5) is 5.82 Å². The Hall–Kier alpha value is -2.43. The summed E-state index contributed by atoms with van der Waals surface area (Å²) in [4.78, 5) is 8.35. The predicted molar refractivity (Wildman–Crippen MR) is 80.2 cm³/mol. The van der Waals surface area contributed by atoms with Crippen LogP contribution in [0.15, 0.2) is 41.3 Å². The average molecular weight is 280 g/mol. The van der Waals surface area contributed by atoms with Crippen molar-refractivity contribution in [2.24, 2.45) is 0 Å². The number of aromatic nitrogens is 3. The highest BCUT2D eigenvalue weighted by molar-refractivity contribution is 5.84. The van der Waals surface area contributed by atoms with Crippen LogP contribution in [0.3, 0.4) is 0 Å². The van der Waals surface area contributed by atoms with Crippen LogP contribution < -0.4 is 5.32 Å². The van der Waals surface area contributed by atoms with Crippen LogP contribution in [0.1, 0.15) is 29.9 Å². The van der Waals surface area contributed by atoms with Gasteiger partial charge in [0, 0.05) is 12.5 Å². The summed E-state index contributed by atoms with van der Waals surface area (Å²) in [6, 6.07) is 8.74. The Bertz CT molecular complexity index is 768. The molecule has 0 radical (unpaired) electrons. The molecule has 5 heteroatoms. The number of fused-ring (bicyclic) bond motifs is 2. The molecule has 0 saturated heterocycles. The molecule has 106 valence electrons. The molecule has 0 amide bonds. The second kappa shape index (κ2) is 5.16. The van der Waals surface area contributed by atoms with Crippen molar-refractivity contribution in [2.45, 2.75) is 25.2 Å². The lowest BCUT2D eigenvalue weighted by Crippen LogP contribution is -2.18. The fourth-order valence-corrected chi connectivity index (χ4v) is 3.12. The van der Waals surface area contributed by atoms with E-state index in [2.05, 4.69) is 44.7 Å². The third kappa shape index (κ3) is 2.24. The van der Waals surface area contributed by atoms with Crippen molar-refractivity contribution < 1.29 is 4.52 Å². The van der Waals surface area contributed by atoms with Gasteiger partial charge >= 0.3 is 0 Å². The van der Waals surface area contributed by atoms with Crippen molar-refractivity contribution in [3.8, 4) is 0 Å². The highest BCUT2D eigenvalue weighted by Crippen LogP contribution is 2.31. The minimum Gasteiger partial charge on any atom is -0.369 e. The van der Waals surface area contributed by atoms with Gasteiger partial charge in [0.1, 0.15) is 17.5 Å². The Kier molecular flexibility index (Phi) is 3.03. The van der Waals surface area contributed by atoms with Crippen molar-refractivity contribution in [1.82, 2.24) is 15.1 Å². The Morgan fingerprint density at radius 1 is 1.24 bits per heavy atom. The number of benzene rings is 1. The van der Waals surface area contributed by atoms with E-state index in [1.807, 2.05) is 0 Å². The molecule has 21 heavy (non-hydrogen) atoms. The maximum absolute atomic E-state index is 5.07. The van der Waals surface area contributed by atoms with E-state index >= 15 is 0 Å². The molecule has 1 aromatic carbocycles. The van der Waals surface area contributed by atoms with Gasteiger partial charge in [0.2, 0.25) is 0 Å². The number of hydrogen-bond donors (Lipinski definition) is 1. The number of aryl methyl sites for hydroxylation is 1. The molecule has 1 atom stereocenters. The van der Waals surface area contributed by atoms with Crippen LogP contribution in [0, 0.1) is 0 Å². The Morgan fingerprint density at radius 3 is 3.19 bits per heavy atom. The standard InChI is InChI=1S/C16H16N4O/c1-2-7-13-11(4-1)5-3-6-12(13)8-17-15-14-9-20-21-16(14)19-10-18-15/h1-2,4,7,9-10,12H,3,5-6,8H2,(H,17,18,19)/t12-/m1/s1. The third-order valence-corrected chi connectivity index (χ3v) is 4.18. The molecule has 1 aliphatic carbocycles. The molecule has 0 unspecified atom stereocenters. The molecule has 5 nitrogen and oxygen atoms in total. The summed E-state index contributed by atoms with van der Waals surface area (Å²) in [6.07, 6.45) is 6.81. The summed E-state index contributed by atoms with van der Waals surface area (Å²) in [5, 5.41) is 8.04. The number of rotatable bonds is 3. The normalized spacial score (nSPS) is 17.6. The van der Waals surface area contributed by atoms with Crippen molar-refractivity contribution in [2.75, 3.05) is 11.9 Å². The van der Waals surface area contributed by atoms with Crippen LogP contribution in [0.25, 0.3) is 11.1 Å². The SMILES string of the molecule is c1ccc2c(c1)CCC[C@@H]2CNc1ncnc2oncc12. The van der Waals surface area contributed by atoms with Gasteiger partial charge < -0.3 is 9.84 Å². The maximum atomic E-state index is 5.07. The molecular weight excluding hydrogens is 264 g/mol. The number of nitrogens with one attached hydrogen (secondary N) is 1. The smallest absolute Gasteiger partial charge is 0.262 e. The molecule has 0 spiro atoms. The van der Waals surface area contributed by atoms with Crippen molar-refractivity contribution in [1.29, 1.82) is 0 Å². The van der Waals surface area contributed by atoms with Gasteiger partial charge in [-0.15, -0.1) is 0 Å². The van der Waals surface area contributed by atoms with Crippen LogP contribution in [-0.2, 0) is 6.42 Å². The minimum absolute atomic E-state index is 0.525. The first-order valence-corrected chi connectivity index (χ1v) is 7.29. The predicted octanol–water partition coefficient (Wildman–Crippen LogP) is 3.15. The van der Waals surface area contributed by atoms with Crippen molar-refractivity contribution in [3.05, 3.63) is 47.9 Å². The summed E-state index contributed by atoms with van der Waals surface area (Å²) in [5.74, 6) is 1.32. The fraction of sp³-hybridized carbons (Fsp3) is 0.312.